The number of nitrogens with zero attached hydrogens (tertiary/aromatic N) is 3. The van der Waals surface area contributed by atoms with Crippen LogP contribution in [0.2, 0.25) is 5.02 Å². The Morgan fingerprint density at radius 3 is 2.55 bits per heavy atom. The third-order valence-corrected chi connectivity index (χ3v) is 4.63. The van der Waals surface area contributed by atoms with Crippen LogP contribution in [0.15, 0.2) is 52.1 Å². The maximum absolute atomic E-state index is 14.3. The van der Waals surface area contributed by atoms with Crippen molar-refractivity contribution in [3.05, 3.63) is 79.8 Å². The van der Waals surface area contributed by atoms with Gasteiger partial charge in [0, 0.05) is 16.8 Å². The predicted octanol–water partition coefficient (Wildman–Crippen LogP) is 2.77. The van der Waals surface area contributed by atoms with Crippen molar-refractivity contribution in [1.82, 2.24) is 14.1 Å². The van der Waals surface area contributed by atoms with Crippen LogP contribution in [0.5, 0.6) is 5.75 Å². The van der Waals surface area contributed by atoms with Crippen molar-refractivity contribution in [2.75, 3.05) is 18.5 Å². The van der Waals surface area contributed by atoms with Crippen molar-refractivity contribution in [3.63, 3.8) is 0 Å². The van der Waals surface area contributed by atoms with E-state index in [0.717, 1.165) is 16.6 Å². The minimum absolute atomic E-state index is 0.0548. The summed E-state index contributed by atoms with van der Waals surface area (Å²) in [5.41, 5.74) is -0.454. The molecule has 0 aliphatic rings. The van der Waals surface area contributed by atoms with E-state index in [-0.39, 0.29) is 30.5 Å². The van der Waals surface area contributed by atoms with Crippen LogP contribution >= 0.6 is 11.6 Å². The average Bonchev–Trinajstić information content (AvgIpc) is 2.74. The van der Waals surface area contributed by atoms with E-state index in [4.69, 9.17) is 16.3 Å². The zero-order valence-corrected chi connectivity index (χ0v) is 17.6. The molecule has 8 nitrogen and oxygen atoms in total. The molecule has 2 N–H and O–H groups in total. The number of benzene rings is 2. The normalized spacial score (nSPS) is 10.8. The zero-order chi connectivity index (χ0) is 22.4. The van der Waals surface area contributed by atoms with E-state index < -0.39 is 23.8 Å². The molecule has 0 aliphatic carbocycles. The van der Waals surface area contributed by atoms with Gasteiger partial charge in [0.05, 0.1) is 26.3 Å². The highest BCUT2D eigenvalue weighted by molar-refractivity contribution is 6.30. The predicted molar refractivity (Wildman–Crippen MR) is 116 cm³/mol. The summed E-state index contributed by atoms with van der Waals surface area (Å²) in [7, 11) is 0. The minimum atomic E-state index is -0.822. The number of halogens is 2. The van der Waals surface area contributed by atoms with Crippen LogP contribution in [0.25, 0.3) is 0 Å². The molecule has 164 valence electrons. The standard InChI is InChI=1S/C21H22ClFN4O4/c1-2-11-31-18-8-7-16(12-17(18)23)24-19-25-20(29)26(9-10-28)21(30)27(19)13-14-3-5-15(22)6-4-14/h3-8,12,28H,2,9-11,13H2,1H3,(H,24,25,29). The molecule has 0 radical (unpaired) electrons. The Balaban J connectivity index is 2.00. The molecule has 3 aromatic rings. The summed E-state index contributed by atoms with van der Waals surface area (Å²) in [5, 5.41) is 12.6. The third kappa shape index (κ3) is 5.50. The van der Waals surface area contributed by atoms with E-state index in [1.165, 1.54) is 16.7 Å². The van der Waals surface area contributed by atoms with Crippen molar-refractivity contribution < 1.29 is 14.2 Å². The molecule has 0 unspecified atom stereocenters. The first-order chi connectivity index (χ1) is 14.9. The largest absolute Gasteiger partial charge is 0.491 e. The van der Waals surface area contributed by atoms with Gasteiger partial charge in [0.1, 0.15) is 0 Å². The number of rotatable bonds is 9. The van der Waals surface area contributed by atoms with Crippen LogP contribution in [0.4, 0.5) is 16.0 Å². The molecule has 0 atom stereocenters. The van der Waals surface area contributed by atoms with E-state index in [2.05, 4.69) is 10.3 Å². The number of aliphatic hydroxyl groups is 1. The molecule has 0 aliphatic heterocycles. The van der Waals surface area contributed by atoms with Crippen molar-refractivity contribution in [2.24, 2.45) is 0 Å². The van der Waals surface area contributed by atoms with E-state index in [1.54, 1.807) is 30.3 Å². The fourth-order valence-electron chi connectivity index (χ4n) is 2.87. The third-order valence-electron chi connectivity index (χ3n) is 4.38. The molecule has 1 heterocycles. The fraction of sp³-hybridized carbons (Fsp3) is 0.286. The van der Waals surface area contributed by atoms with Crippen LogP contribution in [0, 0.1) is 5.82 Å². The SMILES string of the molecule is CCCOc1ccc(Nc2nc(=O)n(CCO)c(=O)n2Cc2ccc(Cl)cc2)cc1F. The first-order valence-corrected chi connectivity index (χ1v) is 10.1. The lowest BCUT2D eigenvalue weighted by Gasteiger charge is -2.16. The summed E-state index contributed by atoms with van der Waals surface area (Å²) >= 11 is 5.92. The monoisotopic (exact) mass is 448 g/mol. The topological polar surface area (TPSA) is 98.4 Å². The number of hydrogen-bond donors (Lipinski definition) is 2. The van der Waals surface area contributed by atoms with Gasteiger partial charge in [-0.15, -0.1) is 0 Å². The van der Waals surface area contributed by atoms with Gasteiger partial charge in [0.2, 0.25) is 5.95 Å². The van der Waals surface area contributed by atoms with Gasteiger partial charge in [-0.1, -0.05) is 30.7 Å². The number of hydrogen-bond acceptors (Lipinski definition) is 6. The number of aromatic nitrogens is 3. The molecule has 10 heteroatoms. The molecule has 0 saturated carbocycles. The Labute approximate surface area is 182 Å². The number of ether oxygens (including phenoxy) is 1. The summed E-state index contributed by atoms with van der Waals surface area (Å²) in [6.07, 6.45) is 0.741. The Bertz CT molecular complexity index is 1160. The summed E-state index contributed by atoms with van der Waals surface area (Å²) in [5.74, 6) is -0.531. The molecular weight excluding hydrogens is 427 g/mol. The highest BCUT2D eigenvalue weighted by Crippen LogP contribution is 2.23. The zero-order valence-electron chi connectivity index (χ0n) is 16.8. The summed E-state index contributed by atoms with van der Waals surface area (Å²) < 4.78 is 21.7. The van der Waals surface area contributed by atoms with Crippen molar-refractivity contribution in [3.8, 4) is 5.75 Å². The van der Waals surface area contributed by atoms with E-state index in [0.29, 0.717) is 11.6 Å². The smallest absolute Gasteiger partial charge is 0.355 e. The van der Waals surface area contributed by atoms with Gasteiger partial charge in [-0.05, 0) is 36.2 Å². The maximum Gasteiger partial charge on any atom is 0.355 e. The minimum Gasteiger partial charge on any atom is -0.491 e. The lowest BCUT2D eigenvalue weighted by molar-refractivity contribution is 0.268. The Morgan fingerprint density at radius 1 is 1.16 bits per heavy atom. The van der Waals surface area contributed by atoms with Gasteiger partial charge in [0.15, 0.2) is 11.6 Å². The second kappa shape index (κ2) is 10.2. The quantitative estimate of drug-likeness (QED) is 0.522. The van der Waals surface area contributed by atoms with E-state index in [1.807, 2.05) is 6.92 Å². The highest BCUT2D eigenvalue weighted by atomic mass is 35.5. The lowest BCUT2D eigenvalue weighted by atomic mass is 10.2. The maximum atomic E-state index is 14.3. The lowest BCUT2D eigenvalue weighted by Crippen LogP contribution is -2.43. The first-order valence-electron chi connectivity index (χ1n) is 9.69. The summed E-state index contributed by atoms with van der Waals surface area (Å²) in [4.78, 5) is 29.2. The van der Waals surface area contributed by atoms with Crippen LogP contribution in [-0.4, -0.2) is 32.4 Å². The molecule has 2 aromatic carbocycles. The van der Waals surface area contributed by atoms with Crippen LogP contribution in [0.1, 0.15) is 18.9 Å². The molecule has 0 spiro atoms. The van der Waals surface area contributed by atoms with Crippen molar-refractivity contribution >= 4 is 23.2 Å². The Hall–Kier alpha value is -3.17. The van der Waals surface area contributed by atoms with Gasteiger partial charge in [-0.25, -0.2) is 18.5 Å². The number of anilines is 2. The molecule has 31 heavy (non-hydrogen) atoms. The fourth-order valence-corrected chi connectivity index (χ4v) is 2.99. The van der Waals surface area contributed by atoms with Crippen LogP contribution in [0.3, 0.4) is 0 Å². The van der Waals surface area contributed by atoms with Gasteiger partial charge in [-0.3, -0.25) is 4.57 Å². The summed E-state index contributed by atoms with van der Waals surface area (Å²) in [6, 6.07) is 11.0. The van der Waals surface area contributed by atoms with E-state index in [9.17, 15) is 19.1 Å². The first kappa shape index (κ1) is 22.5. The molecule has 3 rings (SSSR count). The van der Waals surface area contributed by atoms with Crippen molar-refractivity contribution in [1.29, 1.82) is 0 Å². The number of aliphatic hydroxyl groups excluding tert-OH is 1. The summed E-state index contributed by atoms with van der Waals surface area (Å²) in [6.45, 7) is 1.79. The molecule has 0 fully saturated rings. The van der Waals surface area contributed by atoms with Gasteiger partial charge >= 0.3 is 11.4 Å². The molecule has 0 bridgehead atoms. The molecule has 0 saturated heterocycles. The Kier molecular flexibility index (Phi) is 7.43. The van der Waals surface area contributed by atoms with E-state index >= 15 is 0 Å². The van der Waals surface area contributed by atoms with Gasteiger partial charge in [-0.2, -0.15) is 4.98 Å². The number of nitrogens with one attached hydrogen (secondary N) is 1. The highest BCUT2D eigenvalue weighted by Gasteiger charge is 2.15. The second-order valence-electron chi connectivity index (χ2n) is 6.71. The average molecular weight is 449 g/mol. The molecule has 0 amide bonds. The van der Waals surface area contributed by atoms with Crippen molar-refractivity contribution in [2.45, 2.75) is 26.4 Å². The van der Waals surface area contributed by atoms with Gasteiger partial charge in [0.25, 0.3) is 0 Å². The van der Waals surface area contributed by atoms with Gasteiger partial charge < -0.3 is 15.2 Å². The molecule has 1 aromatic heterocycles. The second-order valence-corrected chi connectivity index (χ2v) is 7.14. The van der Waals surface area contributed by atoms with Crippen LogP contribution < -0.4 is 21.4 Å². The van der Waals surface area contributed by atoms with Crippen LogP contribution in [-0.2, 0) is 13.1 Å². The Morgan fingerprint density at radius 2 is 1.90 bits per heavy atom. The molecular formula is C21H22ClFN4O4.